The fraction of sp³-hybridized carbons (Fsp3) is 0. The molecule has 2 aromatic carbocycles. The van der Waals surface area contributed by atoms with Crippen molar-refractivity contribution in [2.24, 2.45) is 0 Å². The summed E-state index contributed by atoms with van der Waals surface area (Å²) in [5, 5.41) is 5.22. The van der Waals surface area contributed by atoms with Crippen LogP contribution in [0.5, 0.6) is 0 Å². The predicted molar refractivity (Wildman–Crippen MR) is 89.0 cm³/mol. The third-order valence-electron chi connectivity index (χ3n) is 3.04. The molecule has 0 aliphatic carbocycles. The molecule has 7 heteroatoms. The van der Waals surface area contributed by atoms with Crippen molar-refractivity contribution in [3.05, 3.63) is 46.4 Å². The maximum Gasteiger partial charge on any atom is 0.207 e. The van der Waals surface area contributed by atoms with Crippen LogP contribution in [0.15, 0.2) is 36.4 Å². The Morgan fingerprint density at radius 1 is 1.10 bits per heavy atom. The number of benzene rings is 2. The second-order valence-electron chi connectivity index (χ2n) is 4.48. The van der Waals surface area contributed by atoms with Gasteiger partial charge in [-0.3, -0.25) is 0 Å². The largest absolute Gasteiger partial charge is 0.324 e. The zero-order valence-corrected chi connectivity index (χ0v) is 12.9. The molecule has 0 saturated carbocycles. The zero-order valence-electron chi connectivity index (χ0n) is 10.5. The molecule has 0 bridgehead atoms. The van der Waals surface area contributed by atoms with E-state index in [1.54, 1.807) is 0 Å². The van der Waals surface area contributed by atoms with Gasteiger partial charge in [-0.05, 0) is 30.3 Å². The molecule has 0 amide bonds. The van der Waals surface area contributed by atoms with Gasteiger partial charge in [0, 0.05) is 5.02 Å². The Balaban J connectivity index is 1.73. The van der Waals surface area contributed by atoms with Gasteiger partial charge in [-0.2, -0.15) is 0 Å². The molecular formula is C14H8Cl2N4S. The van der Waals surface area contributed by atoms with Crippen LogP contribution in [0.1, 0.15) is 0 Å². The van der Waals surface area contributed by atoms with Crippen molar-refractivity contribution < 1.29 is 0 Å². The first-order valence-corrected chi connectivity index (χ1v) is 7.74. The van der Waals surface area contributed by atoms with Crippen LogP contribution in [-0.2, 0) is 0 Å². The molecule has 0 atom stereocenters. The summed E-state index contributed by atoms with van der Waals surface area (Å²) in [4.78, 5) is 12.1. The second-order valence-corrected chi connectivity index (χ2v) is 6.35. The number of fused-ring (bicyclic) bond motifs is 2. The summed E-state index contributed by atoms with van der Waals surface area (Å²) in [5.41, 5.74) is 2.52. The van der Waals surface area contributed by atoms with Crippen LogP contribution in [0.3, 0.4) is 0 Å². The van der Waals surface area contributed by atoms with E-state index in [1.807, 2.05) is 36.4 Å². The van der Waals surface area contributed by atoms with E-state index in [0.717, 1.165) is 26.4 Å². The van der Waals surface area contributed by atoms with Gasteiger partial charge < -0.3 is 10.3 Å². The molecule has 0 radical (unpaired) electrons. The van der Waals surface area contributed by atoms with E-state index in [4.69, 9.17) is 23.2 Å². The first kappa shape index (κ1) is 12.9. The molecule has 0 aliphatic rings. The highest BCUT2D eigenvalue weighted by Gasteiger charge is 2.09. The topological polar surface area (TPSA) is 53.6 Å². The van der Waals surface area contributed by atoms with E-state index in [0.29, 0.717) is 16.0 Å². The summed E-state index contributed by atoms with van der Waals surface area (Å²) in [6.45, 7) is 0. The van der Waals surface area contributed by atoms with Crippen molar-refractivity contribution in [1.29, 1.82) is 0 Å². The Bertz CT molecular complexity index is 960. The number of nitrogens with one attached hydrogen (secondary N) is 2. The number of aromatic nitrogens is 3. The maximum atomic E-state index is 6.13. The van der Waals surface area contributed by atoms with Crippen LogP contribution in [0.4, 0.5) is 11.1 Å². The highest BCUT2D eigenvalue weighted by Crippen LogP contribution is 2.32. The van der Waals surface area contributed by atoms with E-state index in [9.17, 15) is 0 Å². The fourth-order valence-corrected chi connectivity index (χ4v) is 3.45. The molecule has 0 unspecified atom stereocenters. The number of H-pyrrole nitrogens is 1. The van der Waals surface area contributed by atoms with Gasteiger partial charge in [0.1, 0.15) is 5.52 Å². The lowest BCUT2D eigenvalue weighted by atomic mass is 10.3. The summed E-state index contributed by atoms with van der Waals surface area (Å²) in [5.74, 6) is 0.627. The molecule has 2 aromatic heterocycles. The number of hydrogen-bond acceptors (Lipinski definition) is 4. The van der Waals surface area contributed by atoms with E-state index < -0.39 is 0 Å². The van der Waals surface area contributed by atoms with Crippen molar-refractivity contribution in [3.8, 4) is 0 Å². The number of halogens is 2. The summed E-state index contributed by atoms with van der Waals surface area (Å²) < 4.78 is 1.03. The molecule has 0 fully saturated rings. The number of hydrogen-bond donors (Lipinski definition) is 2. The number of para-hydroxylation sites is 1. The summed E-state index contributed by atoms with van der Waals surface area (Å²) in [6.07, 6.45) is 0. The Labute approximate surface area is 133 Å². The molecule has 4 aromatic rings. The van der Waals surface area contributed by atoms with Crippen molar-refractivity contribution in [2.75, 3.05) is 5.32 Å². The molecular weight excluding hydrogens is 327 g/mol. The second kappa shape index (κ2) is 4.87. The minimum Gasteiger partial charge on any atom is -0.324 e. The van der Waals surface area contributed by atoms with Gasteiger partial charge in [-0.25, -0.2) is 9.97 Å². The average molecular weight is 335 g/mol. The van der Waals surface area contributed by atoms with E-state index in [2.05, 4.69) is 20.3 Å². The lowest BCUT2D eigenvalue weighted by Gasteiger charge is -1.94. The molecule has 2 heterocycles. The molecule has 0 saturated heterocycles. The number of thiazole rings is 1. The monoisotopic (exact) mass is 334 g/mol. The van der Waals surface area contributed by atoms with Gasteiger partial charge in [-0.1, -0.05) is 40.6 Å². The SMILES string of the molecule is Clc1ccc2nc(Nc3nc4c(Cl)cccc4s3)[nH]c2c1. The number of aromatic amines is 1. The average Bonchev–Trinajstić information content (AvgIpc) is 3.02. The highest BCUT2D eigenvalue weighted by molar-refractivity contribution is 7.22. The van der Waals surface area contributed by atoms with E-state index >= 15 is 0 Å². The summed E-state index contributed by atoms with van der Waals surface area (Å²) >= 11 is 13.6. The predicted octanol–water partition coefficient (Wildman–Crippen LogP) is 5.22. The molecule has 4 nitrogen and oxygen atoms in total. The molecule has 21 heavy (non-hydrogen) atoms. The van der Waals surface area contributed by atoms with Gasteiger partial charge in [0.15, 0.2) is 5.13 Å². The van der Waals surface area contributed by atoms with E-state index in [-0.39, 0.29) is 0 Å². The van der Waals surface area contributed by atoms with Crippen LogP contribution in [0, 0.1) is 0 Å². The van der Waals surface area contributed by atoms with E-state index in [1.165, 1.54) is 11.3 Å². The first-order chi connectivity index (χ1) is 10.2. The molecule has 0 spiro atoms. The zero-order chi connectivity index (χ0) is 14.4. The van der Waals surface area contributed by atoms with Gasteiger partial charge >= 0.3 is 0 Å². The first-order valence-electron chi connectivity index (χ1n) is 6.16. The van der Waals surface area contributed by atoms with Crippen LogP contribution >= 0.6 is 34.5 Å². The van der Waals surface area contributed by atoms with Gasteiger partial charge in [0.05, 0.1) is 20.8 Å². The van der Waals surface area contributed by atoms with Gasteiger partial charge in [-0.15, -0.1) is 0 Å². The summed E-state index contributed by atoms with van der Waals surface area (Å²) in [6, 6.07) is 11.2. The van der Waals surface area contributed by atoms with Gasteiger partial charge in [0.2, 0.25) is 5.95 Å². The number of nitrogens with zero attached hydrogens (tertiary/aromatic N) is 2. The third kappa shape index (κ3) is 2.33. The maximum absolute atomic E-state index is 6.13. The Morgan fingerprint density at radius 3 is 2.86 bits per heavy atom. The fourth-order valence-electron chi connectivity index (χ4n) is 2.11. The van der Waals surface area contributed by atoms with Crippen molar-refractivity contribution >= 4 is 66.9 Å². The minimum atomic E-state index is 0.627. The van der Waals surface area contributed by atoms with Crippen molar-refractivity contribution in [3.63, 3.8) is 0 Å². The number of rotatable bonds is 2. The van der Waals surface area contributed by atoms with Crippen LogP contribution in [0.25, 0.3) is 21.3 Å². The lowest BCUT2D eigenvalue weighted by Crippen LogP contribution is -1.90. The lowest BCUT2D eigenvalue weighted by molar-refractivity contribution is 1.29. The van der Waals surface area contributed by atoms with Crippen molar-refractivity contribution in [1.82, 2.24) is 15.0 Å². The highest BCUT2D eigenvalue weighted by atomic mass is 35.5. The minimum absolute atomic E-state index is 0.627. The number of anilines is 2. The molecule has 0 aliphatic heterocycles. The van der Waals surface area contributed by atoms with Gasteiger partial charge in [0.25, 0.3) is 0 Å². The van der Waals surface area contributed by atoms with Crippen LogP contribution < -0.4 is 5.32 Å². The van der Waals surface area contributed by atoms with Crippen molar-refractivity contribution in [2.45, 2.75) is 0 Å². The van der Waals surface area contributed by atoms with Crippen LogP contribution in [0.2, 0.25) is 10.0 Å². The Morgan fingerprint density at radius 2 is 2.00 bits per heavy atom. The molecule has 104 valence electrons. The number of imidazole rings is 1. The Kier molecular flexibility index (Phi) is 2.99. The van der Waals surface area contributed by atoms with Crippen LogP contribution in [-0.4, -0.2) is 15.0 Å². The quantitative estimate of drug-likeness (QED) is 0.528. The summed E-state index contributed by atoms with van der Waals surface area (Å²) in [7, 11) is 0. The molecule has 2 N–H and O–H groups in total. The standard InChI is InChI=1S/C14H8Cl2N4S/c15-7-4-5-9-10(6-7)18-13(17-9)20-14-19-12-8(16)2-1-3-11(12)21-14/h1-6H,(H2,17,18,19,20). The smallest absolute Gasteiger partial charge is 0.207 e. The normalized spacial score (nSPS) is 11.3. The third-order valence-corrected chi connectivity index (χ3v) is 4.52. The Hall–Kier alpha value is -1.82. The molecule has 4 rings (SSSR count).